The van der Waals surface area contributed by atoms with Crippen LogP contribution in [0, 0.1) is 35.6 Å². The van der Waals surface area contributed by atoms with Gasteiger partial charge in [-0.2, -0.15) is 0 Å². The number of carbonyl (C=O) groups excluding carboxylic acids is 2. The predicted molar refractivity (Wildman–Crippen MR) is 119 cm³/mol. The molecule has 2 amide bonds. The minimum atomic E-state index is -1.80. The smallest absolute Gasteiger partial charge is 0.261 e. The van der Waals surface area contributed by atoms with Crippen molar-refractivity contribution in [3.8, 4) is 12.3 Å². The Morgan fingerprint density at radius 3 is 2.30 bits per heavy atom. The van der Waals surface area contributed by atoms with Crippen LogP contribution in [0.1, 0.15) is 45.9 Å². The highest BCUT2D eigenvalue weighted by Gasteiger charge is 2.29. The van der Waals surface area contributed by atoms with Crippen LogP contribution in [0.5, 0.6) is 0 Å². The third-order valence-corrected chi connectivity index (χ3v) is 5.36. The first-order valence-corrected chi connectivity index (χ1v) is 10.5. The van der Waals surface area contributed by atoms with Crippen molar-refractivity contribution in [2.24, 2.45) is 0 Å². The SMILES string of the molecule is C#CCO/C(=C/C(=C\C)c1c(F)c(F)c(NC(=O)c2ccsc2C(=O)NC)c(F)c1F)CC. The van der Waals surface area contributed by atoms with Crippen LogP contribution in [0.4, 0.5) is 23.2 Å². The molecule has 1 aromatic heterocycles. The fourth-order valence-electron chi connectivity index (χ4n) is 2.81. The van der Waals surface area contributed by atoms with Gasteiger partial charge in [-0.15, -0.1) is 17.8 Å². The maximum Gasteiger partial charge on any atom is 0.261 e. The molecule has 0 atom stereocenters. The number of allylic oxidation sites excluding steroid dienone is 4. The first kappa shape index (κ1) is 25.7. The summed E-state index contributed by atoms with van der Waals surface area (Å²) < 4.78 is 64.5. The van der Waals surface area contributed by atoms with Crippen LogP contribution in [-0.2, 0) is 4.74 Å². The van der Waals surface area contributed by atoms with Crippen LogP contribution in [-0.4, -0.2) is 25.5 Å². The van der Waals surface area contributed by atoms with Crippen molar-refractivity contribution in [1.29, 1.82) is 0 Å². The average Bonchev–Trinajstić information content (AvgIpc) is 3.31. The van der Waals surface area contributed by atoms with E-state index in [1.807, 2.05) is 5.32 Å². The summed E-state index contributed by atoms with van der Waals surface area (Å²) in [4.78, 5) is 24.3. The number of nitrogens with one attached hydrogen (secondary N) is 2. The number of carbonyl (C=O) groups is 2. The number of terminal acetylenes is 1. The molecule has 0 aliphatic rings. The fraction of sp³-hybridized carbons (Fsp3) is 0.217. The van der Waals surface area contributed by atoms with Crippen LogP contribution in [0.15, 0.2) is 29.4 Å². The van der Waals surface area contributed by atoms with E-state index < -0.39 is 46.3 Å². The molecule has 2 N–H and O–H groups in total. The van der Waals surface area contributed by atoms with E-state index in [4.69, 9.17) is 11.2 Å². The lowest BCUT2D eigenvalue weighted by atomic mass is 10.0. The van der Waals surface area contributed by atoms with Gasteiger partial charge in [-0.05, 0) is 30.0 Å². The third kappa shape index (κ3) is 5.43. The maximum absolute atomic E-state index is 14.9. The Morgan fingerprint density at radius 1 is 1.15 bits per heavy atom. The number of anilines is 1. The zero-order chi connectivity index (χ0) is 24.7. The van der Waals surface area contributed by atoms with Crippen molar-refractivity contribution >= 4 is 34.4 Å². The van der Waals surface area contributed by atoms with Crippen molar-refractivity contribution in [3.63, 3.8) is 0 Å². The van der Waals surface area contributed by atoms with E-state index in [2.05, 4.69) is 11.2 Å². The molecule has 33 heavy (non-hydrogen) atoms. The summed E-state index contributed by atoms with van der Waals surface area (Å²) in [6.07, 6.45) is 7.89. The summed E-state index contributed by atoms with van der Waals surface area (Å²) in [5, 5.41) is 5.55. The fourth-order valence-corrected chi connectivity index (χ4v) is 3.64. The zero-order valence-corrected chi connectivity index (χ0v) is 18.8. The van der Waals surface area contributed by atoms with E-state index in [1.54, 1.807) is 6.92 Å². The molecule has 0 radical (unpaired) electrons. The van der Waals surface area contributed by atoms with Gasteiger partial charge in [0.25, 0.3) is 11.8 Å². The monoisotopic (exact) mass is 480 g/mol. The van der Waals surface area contributed by atoms with Gasteiger partial charge in [0, 0.05) is 13.5 Å². The highest BCUT2D eigenvalue weighted by atomic mass is 32.1. The Balaban J connectivity index is 2.52. The van der Waals surface area contributed by atoms with Gasteiger partial charge in [0.15, 0.2) is 23.3 Å². The molecule has 10 heteroatoms. The number of hydrogen-bond acceptors (Lipinski definition) is 4. The highest BCUT2D eigenvalue weighted by Crippen LogP contribution is 2.34. The number of thiophene rings is 1. The molecule has 0 saturated carbocycles. The number of amides is 2. The predicted octanol–water partition coefficient (Wildman–Crippen LogP) is 5.26. The van der Waals surface area contributed by atoms with Crippen molar-refractivity contribution in [1.82, 2.24) is 5.32 Å². The van der Waals surface area contributed by atoms with Gasteiger partial charge < -0.3 is 15.4 Å². The summed E-state index contributed by atoms with van der Waals surface area (Å²) in [5.74, 6) is -6.25. The molecule has 2 aromatic rings. The van der Waals surface area contributed by atoms with Crippen molar-refractivity contribution in [3.05, 3.63) is 68.6 Å². The Labute approximate surface area is 192 Å². The van der Waals surface area contributed by atoms with Gasteiger partial charge in [-0.1, -0.05) is 18.9 Å². The summed E-state index contributed by atoms with van der Waals surface area (Å²) >= 11 is 0.912. The first-order valence-electron chi connectivity index (χ1n) is 9.62. The van der Waals surface area contributed by atoms with Crippen LogP contribution in [0.25, 0.3) is 5.57 Å². The van der Waals surface area contributed by atoms with E-state index in [-0.39, 0.29) is 28.4 Å². The number of ether oxygens (including phenoxy) is 1. The molecule has 0 aliphatic carbocycles. The molecule has 0 spiro atoms. The quantitative estimate of drug-likeness (QED) is 0.178. The topological polar surface area (TPSA) is 67.4 Å². The molecular formula is C23H20F4N2O3S. The Hall–Kier alpha value is -3.58. The second-order valence-electron chi connectivity index (χ2n) is 6.40. The molecule has 1 aromatic carbocycles. The maximum atomic E-state index is 14.9. The standard InChI is InChI=1S/C23H20F4N2O3S/c1-5-9-32-13(7-3)11-12(6-2)15-16(24)18(26)20(19(27)17(15)25)29-22(30)14-8-10-33-21(14)23(31)28-4/h1,6,8,10-11H,7,9H2,2-4H3,(H,28,31)(H,29,30)/b12-6+,13-11+. The van der Waals surface area contributed by atoms with Crippen molar-refractivity contribution in [2.75, 3.05) is 19.0 Å². The van der Waals surface area contributed by atoms with E-state index in [0.717, 1.165) is 11.3 Å². The van der Waals surface area contributed by atoms with Gasteiger partial charge in [-0.3, -0.25) is 9.59 Å². The molecule has 2 rings (SSSR count). The van der Waals surface area contributed by atoms with Gasteiger partial charge in [0.05, 0.1) is 16.9 Å². The van der Waals surface area contributed by atoms with Gasteiger partial charge >= 0.3 is 0 Å². The summed E-state index contributed by atoms with van der Waals surface area (Å²) in [6.45, 7) is 3.01. The summed E-state index contributed by atoms with van der Waals surface area (Å²) in [7, 11) is 1.33. The van der Waals surface area contributed by atoms with Gasteiger partial charge in [0.1, 0.15) is 17.2 Å². The second kappa shape index (κ2) is 11.3. The van der Waals surface area contributed by atoms with Crippen molar-refractivity contribution in [2.45, 2.75) is 20.3 Å². The van der Waals surface area contributed by atoms with Crippen LogP contribution in [0.3, 0.4) is 0 Å². The first-order chi connectivity index (χ1) is 15.7. The van der Waals surface area contributed by atoms with Crippen LogP contribution in [0.2, 0.25) is 0 Å². The van der Waals surface area contributed by atoms with Crippen molar-refractivity contribution < 1.29 is 31.9 Å². The highest BCUT2D eigenvalue weighted by molar-refractivity contribution is 7.12. The van der Waals surface area contributed by atoms with Crippen LogP contribution >= 0.6 is 11.3 Å². The summed E-state index contributed by atoms with van der Waals surface area (Å²) in [6, 6.07) is 1.24. The van der Waals surface area contributed by atoms with E-state index in [1.165, 1.54) is 37.6 Å². The molecule has 0 bridgehead atoms. The Kier molecular flexibility index (Phi) is 8.82. The lowest BCUT2D eigenvalue weighted by Crippen LogP contribution is -2.22. The number of benzene rings is 1. The molecule has 0 aliphatic heterocycles. The zero-order valence-electron chi connectivity index (χ0n) is 17.9. The van der Waals surface area contributed by atoms with Gasteiger partial charge in [0.2, 0.25) is 0 Å². The third-order valence-electron chi connectivity index (χ3n) is 4.45. The summed E-state index contributed by atoms with van der Waals surface area (Å²) in [5.41, 5.74) is -2.68. The van der Waals surface area contributed by atoms with E-state index in [0.29, 0.717) is 6.42 Å². The lowest BCUT2D eigenvalue weighted by molar-refractivity contribution is 0.0952. The minimum Gasteiger partial charge on any atom is -0.485 e. The molecule has 5 nitrogen and oxygen atoms in total. The normalized spacial score (nSPS) is 11.7. The molecule has 0 saturated heterocycles. The molecule has 174 valence electrons. The minimum absolute atomic E-state index is 0.0335. The number of halogens is 4. The lowest BCUT2D eigenvalue weighted by Gasteiger charge is -2.15. The second-order valence-corrected chi connectivity index (χ2v) is 7.32. The largest absolute Gasteiger partial charge is 0.485 e. The molecule has 0 unspecified atom stereocenters. The van der Waals surface area contributed by atoms with Gasteiger partial charge in [-0.25, -0.2) is 17.6 Å². The van der Waals surface area contributed by atoms with E-state index in [9.17, 15) is 27.2 Å². The number of rotatable bonds is 8. The average molecular weight is 480 g/mol. The van der Waals surface area contributed by atoms with E-state index >= 15 is 0 Å². The molecule has 0 fully saturated rings. The molecule has 1 heterocycles. The Bertz CT molecular complexity index is 1150. The van der Waals surface area contributed by atoms with Crippen LogP contribution < -0.4 is 10.6 Å². The number of hydrogen-bond donors (Lipinski definition) is 2. The molecular weight excluding hydrogens is 460 g/mol. The Morgan fingerprint density at radius 2 is 1.79 bits per heavy atom.